The van der Waals surface area contributed by atoms with Gasteiger partial charge in [0.1, 0.15) is 11.4 Å². The fourth-order valence-electron chi connectivity index (χ4n) is 4.92. The number of likely N-dealkylation sites (N-methyl/N-ethyl adjacent to an activating group) is 1. The lowest BCUT2D eigenvalue weighted by atomic mass is 9.84. The molecule has 0 radical (unpaired) electrons. The van der Waals surface area contributed by atoms with Crippen LogP contribution in [-0.4, -0.2) is 69.2 Å². The third-order valence-electron chi connectivity index (χ3n) is 6.85. The number of nitrogens with zero attached hydrogens (tertiary/aromatic N) is 5. The maximum absolute atomic E-state index is 13.4. The van der Waals surface area contributed by atoms with Crippen LogP contribution >= 0.6 is 0 Å². The monoisotopic (exact) mass is 464 g/mol. The molecule has 9 nitrogen and oxygen atoms in total. The number of aryl methyl sites for hydroxylation is 2. The Kier molecular flexibility index (Phi) is 7.09. The number of piperidine rings is 1. The zero-order valence-corrected chi connectivity index (χ0v) is 20.0. The van der Waals surface area contributed by atoms with E-state index in [0.717, 1.165) is 25.0 Å². The molecule has 1 aromatic heterocycles. The summed E-state index contributed by atoms with van der Waals surface area (Å²) in [5.74, 6) is -0.0569. The van der Waals surface area contributed by atoms with Crippen LogP contribution in [0, 0.1) is 12.8 Å². The van der Waals surface area contributed by atoms with Crippen molar-refractivity contribution >= 4 is 23.4 Å². The van der Waals surface area contributed by atoms with Crippen molar-refractivity contribution in [3.05, 3.63) is 53.3 Å². The van der Waals surface area contributed by atoms with E-state index in [-0.39, 0.29) is 29.7 Å². The first-order chi connectivity index (χ1) is 16.3. The quantitative estimate of drug-likeness (QED) is 0.706. The minimum atomic E-state index is -0.157. The van der Waals surface area contributed by atoms with Gasteiger partial charge in [-0.3, -0.25) is 19.1 Å². The molecule has 3 amide bonds. The maximum Gasteiger partial charge on any atom is 0.272 e. The van der Waals surface area contributed by atoms with Crippen molar-refractivity contribution in [3.63, 3.8) is 0 Å². The Labute approximate surface area is 199 Å². The standard InChI is InChI=1S/C25H32N6O3/c1-17-15-22(30(3)28-17)25(34)29(2)21(16-18-7-5-4-6-8-18)19-11-13-31(14-12-19)24(33)20-9-10-23(32)27-26-20/h4-8,15,19,21H,9-14,16H2,1-3H3,(H,27,32)/t21-/m1/s1. The Balaban J connectivity index is 1.48. The zero-order chi connectivity index (χ0) is 24.2. The van der Waals surface area contributed by atoms with E-state index in [4.69, 9.17) is 0 Å². The highest BCUT2D eigenvalue weighted by Crippen LogP contribution is 2.28. The first-order valence-corrected chi connectivity index (χ1v) is 11.8. The molecule has 0 unspecified atom stereocenters. The lowest BCUT2D eigenvalue weighted by Gasteiger charge is -2.40. The normalized spacial score (nSPS) is 17.7. The van der Waals surface area contributed by atoms with E-state index < -0.39 is 0 Å². The van der Waals surface area contributed by atoms with Gasteiger partial charge in [-0.05, 0) is 43.7 Å². The van der Waals surface area contributed by atoms with E-state index in [1.54, 1.807) is 11.7 Å². The van der Waals surface area contributed by atoms with Crippen LogP contribution < -0.4 is 5.43 Å². The fraction of sp³-hybridized carbons (Fsp3) is 0.480. The number of likely N-dealkylation sites (tertiary alicyclic amines) is 1. The lowest BCUT2D eigenvalue weighted by molar-refractivity contribution is -0.126. The van der Waals surface area contributed by atoms with Gasteiger partial charge in [-0.15, -0.1) is 0 Å². The summed E-state index contributed by atoms with van der Waals surface area (Å²) < 4.78 is 1.64. The number of aromatic nitrogens is 2. The molecule has 2 aromatic rings. The van der Waals surface area contributed by atoms with Crippen LogP contribution in [0.4, 0.5) is 0 Å². The number of benzene rings is 1. The average Bonchev–Trinajstić information content (AvgIpc) is 3.20. The number of carbonyl (C=O) groups is 3. The topological polar surface area (TPSA) is 99.9 Å². The van der Waals surface area contributed by atoms with Gasteiger partial charge in [-0.1, -0.05) is 30.3 Å². The molecular formula is C25H32N6O3. The van der Waals surface area contributed by atoms with E-state index in [1.807, 2.05) is 48.0 Å². The second-order valence-electron chi connectivity index (χ2n) is 9.19. The van der Waals surface area contributed by atoms with Crippen LogP contribution in [0.5, 0.6) is 0 Å². The molecule has 1 aromatic carbocycles. The summed E-state index contributed by atoms with van der Waals surface area (Å²) in [6.07, 6.45) is 3.01. The van der Waals surface area contributed by atoms with Gasteiger partial charge in [0.05, 0.1) is 5.69 Å². The summed E-state index contributed by atoms with van der Waals surface area (Å²) in [4.78, 5) is 41.3. The van der Waals surface area contributed by atoms with Gasteiger partial charge < -0.3 is 9.80 Å². The molecule has 1 saturated heterocycles. The predicted molar refractivity (Wildman–Crippen MR) is 128 cm³/mol. The highest BCUT2D eigenvalue weighted by Gasteiger charge is 2.35. The Hall–Kier alpha value is -3.49. The van der Waals surface area contributed by atoms with Gasteiger partial charge in [0.25, 0.3) is 11.8 Å². The minimum absolute atomic E-state index is 0.00586. The molecule has 2 aliphatic rings. The number of amides is 3. The summed E-state index contributed by atoms with van der Waals surface area (Å²) in [7, 11) is 3.66. The van der Waals surface area contributed by atoms with Gasteiger partial charge >= 0.3 is 0 Å². The summed E-state index contributed by atoms with van der Waals surface area (Å²) in [5.41, 5.74) is 5.38. The smallest absolute Gasteiger partial charge is 0.272 e. The van der Waals surface area contributed by atoms with Gasteiger partial charge in [0, 0.05) is 46.1 Å². The van der Waals surface area contributed by atoms with Gasteiger partial charge in [-0.25, -0.2) is 5.43 Å². The molecule has 0 bridgehead atoms. The average molecular weight is 465 g/mol. The fourth-order valence-corrected chi connectivity index (χ4v) is 4.92. The van der Waals surface area contributed by atoms with Crippen molar-refractivity contribution in [3.8, 4) is 0 Å². The van der Waals surface area contributed by atoms with Crippen LogP contribution in [0.2, 0.25) is 0 Å². The first-order valence-electron chi connectivity index (χ1n) is 11.8. The van der Waals surface area contributed by atoms with Crippen LogP contribution in [0.25, 0.3) is 0 Å². The van der Waals surface area contributed by atoms with E-state index in [9.17, 15) is 14.4 Å². The Morgan fingerprint density at radius 2 is 1.88 bits per heavy atom. The van der Waals surface area contributed by atoms with Crippen molar-refractivity contribution in [2.75, 3.05) is 20.1 Å². The Bertz CT molecular complexity index is 1090. The summed E-state index contributed by atoms with van der Waals surface area (Å²) in [6.45, 7) is 3.09. The van der Waals surface area contributed by atoms with Gasteiger partial charge in [0.2, 0.25) is 5.91 Å². The molecule has 0 aliphatic carbocycles. The van der Waals surface area contributed by atoms with E-state index in [1.165, 1.54) is 5.56 Å². The van der Waals surface area contributed by atoms with Gasteiger partial charge in [0.15, 0.2) is 0 Å². The molecule has 1 fully saturated rings. The molecule has 1 atom stereocenters. The van der Waals surface area contributed by atoms with Crippen LogP contribution in [0.1, 0.15) is 47.4 Å². The number of hydrazone groups is 1. The highest BCUT2D eigenvalue weighted by atomic mass is 16.2. The van der Waals surface area contributed by atoms with Crippen molar-refractivity contribution in [1.29, 1.82) is 0 Å². The van der Waals surface area contributed by atoms with Crippen molar-refractivity contribution in [2.24, 2.45) is 18.1 Å². The number of carbonyl (C=O) groups excluding carboxylic acids is 3. The van der Waals surface area contributed by atoms with E-state index in [0.29, 0.717) is 37.3 Å². The largest absolute Gasteiger partial charge is 0.338 e. The van der Waals surface area contributed by atoms with Crippen LogP contribution in [0.15, 0.2) is 41.5 Å². The predicted octanol–water partition coefficient (Wildman–Crippen LogP) is 1.92. The second kappa shape index (κ2) is 10.2. The van der Waals surface area contributed by atoms with Crippen LogP contribution in [-0.2, 0) is 23.1 Å². The summed E-state index contributed by atoms with van der Waals surface area (Å²) in [5, 5.41) is 8.29. The molecule has 0 saturated carbocycles. The number of rotatable bonds is 6. The van der Waals surface area contributed by atoms with E-state index >= 15 is 0 Å². The SMILES string of the molecule is Cc1cc(C(=O)N(C)[C@H](Cc2ccccc2)C2CCN(C(=O)C3=NNC(=O)CC3)CC2)n(C)n1. The first kappa shape index (κ1) is 23.7. The second-order valence-corrected chi connectivity index (χ2v) is 9.19. The van der Waals surface area contributed by atoms with Crippen molar-refractivity contribution < 1.29 is 14.4 Å². The minimum Gasteiger partial charge on any atom is -0.338 e. The molecule has 2 aliphatic heterocycles. The summed E-state index contributed by atoms with van der Waals surface area (Å²) >= 11 is 0. The number of hydrogen-bond donors (Lipinski definition) is 1. The Morgan fingerprint density at radius 3 is 2.47 bits per heavy atom. The zero-order valence-electron chi connectivity index (χ0n) is 20.0. The number of hydrogen-bond acceptors (Lipinski definition) is 5. The molecular weight excluding hydrogens is 432 g/mol. The number of nitrogens with one attached hydrogen (secondary N) is 1. The molecule has 4 rings (SSSR count). The molecule has 9 heteroatoms. The lowest BCUT2D eigenvalue weighted by Crippen LogP contribution is -2.50. The van der Waals surface area contributed by atoms with E-state index in [2.05, 4.69) is 27.8 Å². The highest BCUT2D eigenvalue weighted by molar-refractivity contribution is 6.39. The molecule has 180 valence electrons. The van der Waals surface area contributed by atoms with Crippen molar-refractivity contribution in [1.82, 2.24) is 25.0 Å². The molecule has 3 heterocycles. The Morgan fingerprint density at radius 1 is 1.18 bits per heavy atom. The van der Waals surface area contributed by atoms with Crippen molar-refractivity contribution in [2.45, 2.75) is 45.1 Å². The molecule has 0 spiro atoms. The van der Waals surface area contributed by atoms with Crippen LogP contribution in [0.3, 0.4) is 0 Å². The summed E-state index contributed by atoms with van der Waals surface area (Å²) in [6, 6.07) is 12.0. The molecule has 34 heavy (non-hydrogen) atoms. The molecule has 1 N–H and O–H groups in total. The third kappa shape index (κ3) is 5.18. The maximum atomic E-state index is 13.4. The third-order valence-corrected chi connectivity index (χ3v) is 6.85. The van der Waals surface area contributed by atoms with Gasteiger partial charge in [-0.2, -0.15) is 10.2 Å².